The molecule has 1 aromatic carbocycles. The highest BCUT2D eigenvalue weighted by Crippen LogP contribution is 2.41. The summed E-state index contributed by atoms with van der Waals surface area (Å²) >= 11 is 1.38. The van der Waals surface area contributed by atoms with Gasteiger partial charge >= 0.3 is 5.97 Å². The molecule has 0 spiro atoms. The number of nitrogens with one attached hydrogen (secondary N) is 1. The van der Waals surface area contributed by atoms with Gasteiger partial charge in [0.15, 0.2) is 0 Å². The first kappa shape index (κ1) is 16.4. The van der Waals surface area contributed by atoms with Crippen molar-refractivity contribution in [3.05, 3.63) is 45.9 Å². The van der Waals surface area contributed by atoms with Crippen LogP contribution in [0.3, 0.4) is 0 Å². The molecule has 1 fully saturated rings. The summed E-state index contributed by atoms with van der Waals surface area (Å²) in [6.07, 6.45) is 3.63. The number of hydrogen-bond acceptors (Lipinski definition) is 5. The monoisotopic (exact) mass is 346 g/mol. The van der Waals surface area contributed by atoms with Crippen LogP contribution in [0.25, 0.3) is 0 Å². The van der Waals surface area contributed by atoms with E-state index in [1.165, 1.54) is 11.3 Å². The quantitative estimate of drug-likeness (QED) is 0.804. The summed E-state index contributed by atoms with van der Waals surface area (Å²) in [5.41, 5.74) is 0.721. The number of carboxylic acids is 1. The van der Waals surface area contributed by atoms with Crippen LogP contribution in [0.1, 0.15) is 51.5 Å². The van der Waals surface area contributed by atoms with Gasteiger partial charge in [-0.3, -0.25) is 9.59 Å². The third-order valence-electron chi connectivity index (χ3n) is 3.88. The van der Waals surface area contributed by atoms with E-state index in [4.69, 9.17) is 9.84 Å². The molecule has 1 amide bonds. The first-order chi connectivity index (χ1) is 11.6. The number of aromatic nitrogens is 1. The van der Waals surface area contributed by atoms with Crippen LogP contribution in [0.2, 0.25) is 0 Å². The van der Waals surface area contributed by atoms with E-state index in [1.54, 1.807) is 37.6 Å². The lowest BCUT2D eigenvalue weighted by Gasteiger charge is -2.17. The number of thiazole rings is 1. The standard InChI is InChI=1S/C17H18N2O4S/c1-23-12-6-4-10(5-7-12)13(8-15(20)21)19-16(22)14-9-18-17(24-14)11-2-3-11/h4-7,9,11,13H,2-3,8H2,1H3,(H,19,22)(H,20,21). The molecule has 2 N–H and O–H groups in total. The number of carbonyl (C=O) groups excluding carboxylic acids is 1. The van der Waals surface area contributed by atoms with Gasteiger partial charge in [0, 0.05) is 5.92 Å². The summed E-state index contributed by atoms with van der Waals surface area (Å²) in [5, 5.41) is 12.9. The molecule has 1 unspecified atom stereocenters. The molecule has 1 saturated carbocycles. The number of carbonyl (C=O) groups is 2. The Bertz CT molecular complexity index is 737. The molecule has 3 rings (SSSR count). The molecule has 0 aliphatic heterocycles. The lowest BCUT2D eigenvalue weighted by atomic mass is 10.0. The van der Waals surface area contributed by atoms with Crippen LogP contribution < -0.4 is 10.1 Å². The van der Waals surface area contributed by atoms with Crippen LogP contribution in [0.4, 0.5) is 0 Å². The summed E-state index contributed by atoms with van der Waals surface area (Å²) in [5.74, 6) is -0.0933. The molecule has 1 aromatic heterocycles. The minimum Gasteiger partial charge on any atom is -0.497 e. The number of ether oxygens (including phenoxy) is 1. The average Bonchev–Trinajstić information content (AvgIpc) is 3.30. The maximum atomic E-state index is 12.4. The first-order valence-corrected chi connectivity index (χ1v) is 8.51. The average molecular weight is 346 g/mol. The second kappa shape index (κ2) is 7.00. The van der Waals surface area contributed by atoms with Gasteiger partial charge in [0.05, 0.1) is 30.8 Å². The van der Waals surface area contributed by atoms with Crippen molar-refractivity contribution in [1.82, 2.24) is 10.3 Å². The molecule has 126 valence electrons. The van der Waals surface area contributed by atoms with Crippen LogP contribution in [0.5, 0.6) is 5.75 Å². The summed E-state index contributed by atoms with van der Waals surface area (Å²) < 4.78 is 5.10. The van der Waals surface area contributed by atoms with Crippen molar-refractivity contribution in [2.45, 2.75) is 31.2 Å². The smallest absolute Gasteiger partial charge is 0.305 e. The van der Waals surface area contributed by atoms with E-state index in [2.05, 4.69) is 10.3 Å². The highest BCUT2D eigenvalue weighted by Gasteiger charge is 2.28. The maximum Gasteiger partial charge on any atom is 0.305 e. The predicted molar refractivity (Wildman–Crippen MR) is 89.5 cm³/mol. The molecule has 1 aliphatic carbocycles. The fraction of sp³-hybridized carbons (Fsp3) is 0.353. The number of aliphatic carboxylic acids is 1. The van der Waals surface area contributed by atoms with Crippen molar-refractivity contribution < 1.29 is 19.4 Å². The number of hydrogen-bond donors (Lipinski definition) is 2. The molecular formula is C17H18N2O4S. The lowest BCUT2D eigenvalue weighted by molar-refractivity contribution is -0.137. The van der Waals surface area contributed by atoms with Crippen LogP contribution in [-0.2, 0) is 4.79 Å². The first-order valence-electron chi connectivity index (χ1n) is 7.69. The van der Waals surface area contributed by atoms with Crippen molar-refractivity contribution in [3.63, 3.8) is 0 Å². The number of rotatable bonds is 7. The third-order valence-corrected chi connectivity index (χ3v) is 5.03. The van der Waals surface area contributed by atoms with Gasteiger partial charge in [-0.15, -0.1) is 11.3 Å². The molecule has 1 heterocycles. The van der Waals surface area contributed by atoms with Crippen LogP contribution in [-0.4, -0.2) is 29.1 Å². The fourth-order valence-corrected chi connectivity index (χ4v) is 3.39. The molecule has 0 radical (unpaired) electrons. The topological polar surface area (TPSA) is 88.5 Å². The third kappa shape index (κ3) is 3.91. The summed E-state index contributed by atoms with van der Waals surface area (Å²) in [6.45, 7) is 0. The number of methoxy groups -OCH3 is 1. The largest absolute Gasteiger partial charge is 0.497 e. The molecular weight excluding hydrogens is 328 g/mol. The Kier molecular flexibility index (Phi) is 4.80. The zero-order valence-electron chi connectivity index (χ0n) is 13.2. The van der Waals surface area contributed by atoms with E-state index in [1.807, 2.05) is 0 Å². The van der Waals surface area contributed by atoms with Crippen molar-refractivity contribution >= 4 is 23.2 Å². The number of carboxylic acid groups (broad SMARTS) is 1. The van der Waals surface area contributed by atoms with Crippen molar-refractivity contribution in [2.75, 3.05) is 7.11 Å². The van der Waals surface area contributed by atoms with Gasteiger partial charge in [-0.05, 0) is 30.5 Å². The summed E-state index contributed by atoms with van der Waals surface area (Å²) in [4.78, 5) is 28.4. The van der Waals surface area contributed by atoms with Gasteiger partial charge < -0.3 is 15.2 Å². The second-order valence-corrected chi connectivity index (χ2v) is 6.80. The van der Waals surface area contributed by atoms with Crippen LogP contribution >= 0.6 is 11.3 Å². The van der Waals surface area contributed by atoms with Crippen molar-refractivity contribution in [2.24, 2.45) is 0 Å². The lowest BCUT2D eigenvalue weighted by Crippen LogP contribution is -2.29. The second-order valence-electron chi connectivity index (χ2n) is 5.73. The van der Waals surface area contributed by atoms with Crippen molar-refractivity contribution in [3.8, 4) is 5.75 Å². The van der Waals surface area contributed by atoms with Gasteiger partial charge in [-0.25, -0.2) is 4.98 Å². The van der Waals surface area contributed by atoms with Gasteiger partial charge in [0.1, 0.15) is 10.6 Å². The molecule has 2 aromatic rings. The highest BCUT2D eigenvalue weighted by atomic mass is 32.1. The molecule has 1 atom stereocenters. The minimum atomic E-state index is -0.973. The van der Waals surface area contributed by atoms with E-state index >= 15 is 0 Å². The van der Waals surface area contributed by atoms with Gasteiger partial charge in [0.25, 0.3) is 5.91 Å². The number of benzene rings is 1. The van der Waals surface area contributed by atoms with Gasteiger partial charge in [-0.2, -0.15) is 0 Å². The van der Waals surface area contributed by atoms with Gasteiger partial charge in [0.2, 0.25) is 0 Å². The number of nitrogens with zero attached hydrogens (tertiary/aromatic N) is 1. The predicted octanol–water partition coefficient (Wildman–Crippen LogP) is 2.97. The zero-order chi connectivity index (χ0) is 17.1. The SMILES string of the molecule is COc1ccc(C(CC(=O)O)NC(=O)c2cnc(C3CC3)s2)cc1. The highest BCUT2D eigenvalue weighted by molar-refractivity contribution is 7.13. The Labute approximate surface area is 143 Å². The molecule has 0 bridgehead atoms. The van der Waals surface area contributed by atoms with Crippen LogP contribution in [0.15, 0.2) is 30.5 Å². The van der Waals surface area contributed by atoms with E-state index in [-0.39, 0.29) is 12.3 Å². The summed E-state index contributed by atoms with van der Waals surface area (Å²) in [6, 6.07) is 6.40. The fourth-order valence-electron chi connectivity index (χ4n) is 2.40. The number of amides is 1. The van der Waals surface area contributed by atoms with E-state index < -0.39 is 12.0 Å². The molecule has 0 saturated heterocycles. The Morgan fingerprint density at radius 3 is 2.67 bits per heavy atom. The minimum absolute atomic E-state index is 0.188. The molecule has 7 heteroatoms. The normalized spacial score (nSPS) is 14.9. The summed E-state index contributed by atoms with van der Waals surface area (Å²) in [7, 11) is 1.56. The zero-order valence-corrected chi connectivity index (χ0v) is 14.0. The Balaban J connectivity index is 1.74. The van der Waals surface area contributed by atoms with Gasteiger partial charge in [-0.1, -0.05) is 12.1 Å². The molecule has 1 aliphatic rings. The van der Waals surface area contributed by atoms with E-state index in [9.17, 15) is 9.59 Å². The molecule has 24 heavy (non-hydrogen) atoms. The van der Waals surface area contributed by atoms with Crippen LogP contribution in [0, 0.1) is 0 Å². The maximum absolute atomic E-state index is 12.4. The Morgan fingerprint density at radius 1 is 1.38 bits per heavy atom. The van der Waals surface area contributed by atoms with E-state index in [0.717, 1.165) is 23.4 Å². The molecule has 6 nitrogen and oxygen atoms in total. The Morgan fingerprint density at radius 2 is 2.08 bits per heavy atom. The van der Waals surface area contributed by atoms with Crippen molar-refractivity contribution in [1.29, 1.82) is 0 Å². The Hall–Kier alpha value is -2.41. The van der Waals surface area contributed by atoms with E-state index in [0.29, 0.717) is 16.5 Å².